The van der Waals surface area contributed by atoms with Crippen LogP contribution in [-0.2, 0) is 4.79 Å². The molecule has 0 aliphatic heterocycles. The molecule has 0 radical (unpaired) electrons. The van der Waals surface area contributed by atoms with E-state index in [1.165, 1.54) is 12.1 Å². The first-order valence-corrected chi connectivity index (χ1v) is 4.94. The van der Waals surface area contributed by atoms with Gasteiger partial charge in [-0.15, -0.1) is 10.2 Å². The third-order valence-corrected chi connectivity index (χ3v) is 2.11. The highest BCUT2D eigenvalue weighted by molar-refractivity contribution is 5.94. The lowest BCUT2D eigenvalue weighted by Crippen LogP contribution is -2.10. The molecule has 90 valence electrons. The molecule has 3 N–H and O–H groups in total. The maximum Gasteiger partial charge on any atom is 0.238 e. The van der Waals surface area contributed by atoms with Gasteiger partial charge in [0.2, 0.25) is 11.7 Å². The van der Waals surface area contributed by atoms with Gasteiger partial charge in [-0.05, 0) is 23.4 Å². The monoisotopic (exact) mass is 244 g/mol. The molecule has 0 saturated carbocycles. The number of H-pyrrole nitrogens is 1. The molecule has 8 nitrogen and oxygen atoms in total. The number of aromatic nitrogens is 4. The van der Waals surface area contributed by atoms with Crippen LogP contribution in [0.25, 0.3) is 11.4 Å². The van der Waals surface area contributed by atoms with Crippen LogP contribution in [0, 0.1) is 11.3 Å². The largest absolute Gasteiger partial charge is 0.506 e. The average molecular weight is 244 g/mol. The van der Waals surface area contributed by atoms with E-state index in [9.17, 15) is 9.90 Å². The summed E-state index contributed by atoms with van der Waals surface area (Å²) in [6, 6.07) is 6.19. The van der Waals surface area contributed by atoms with Gasteiger partial charge < -0.3 is 10.4 Å². The molecule has 1 aromatic heterocycles. The first-order chi connectivity index (χ1) is 8.70. The fourth-order valence-corrected chi connectivity index (χ4v) is 1.33. The highest BCUT2D eigenvalue weighted by Crippen LogP contribution is 2.27. The zero-order chi connectivity index (χ0) is 13.0. The lowest BCUT2D eigenvalue weighted by Gasteiger charge is -2.06. The fraction of sp³-hybridized carbons (Fsp3) is 0.100. The number of nitriles is 1. The molecule has 0 aliphatic rings. The number of phenols is 1. The number of benzene rings is 1. The summed E-state index contributed by atoms with van der Waals surface area (Å²) < 4.78 is 0. The number of hydrogen-bond acceptors (Lipinski definition) is 6. The van der Waals surface area contributed by atoms with E-state index in [1.807, 2.05) is 0 Å². The molecule has 18 heavy (non-hydrogen) atoms. The Kier molecular flexibility index (Phi) is 3.15. The number of anilines is 1. The topological polar surface area (TPSA) is 128 Å². The Morgan fingerprint density at radius 2 is 2.39 bits per heavy atom. The Bertz CT molecular complexity index is 601. The lowest BCUT2D eigenvalue weighted by molar-refractivity contribution is -0.115. The third kappa shape index (κ3) is 2.41. The van der Waals surface area contributed by atoms with E-state index in [2.05, 4.69) is 25.9 Å². The van der Waals surface area contributed by atoms with Gasteiger partial charge in [-0.3, -0.25) is 4.79 Å². The molecule has 0 spiro atoms. The number of nitrogens with zero attached hydrogens (tertiary/aromatic N) is 4. The zero-order valence-corrected chi connectivity index (χ0v) is 9.08. The second-order valence-corrected chi connectivity index (χ2v) is 3.35. The van der Waals surface area contributed by atoms with Crippen LogP contribution in [0.5, 0.6) is 5.75 Å². The molecule has 0 bridgehead atoms. The normalized spacial score (nSPS) is 9.72. The third-order valence-electron chi connectivity index (χ3n) is 2.11. The summed E-state index contributed by atoms with van der Waals surface area (Å²) in [6.45, 7) is 0. The van der Waals surface area contributed by atoms with Gasteiger partial charge in [-0.1, -0.05) is 0 Å². The number of rotatable bonds is 3. The minimum atomic E-state index is -0.502. The molecule has 8 heteroatoms. The van der Waals surface area contributed by atoms with Crippen LogP contribution in [0.3, 0.4) is 0 Å². The molecule has 2 aromatic rings. The Labute approximate surface area is 101 Å². The van der Waals surface area contributed by atoms with Crippen molar-refractivity contribution in [3.63, 3.8) is 0 Å². The number of aromatic hydroxyl groups is 1. The number of carbonyl (C=O) groups excluding carboxylic acids is 1. The van der Waals surface area contributed by atoms with Crippen LogP contribution in [0.4, 0.5) is 5.69 Å². The minimum absolute atomic E-state index is 0.103. The van der Waals surface area contributed by atoms with E-state index in [1.54, 1.807) is 12.1 Å². The van der Waals surface area contributed by atoms with Gasteiger partial charge in [0.05, 0.1) is 11.8 Å². The number of carbonyl (C=O) groups is 1. The van der Waals surface area contributed by atoms with E-state index in [0.717, 1.165) is 0 Å². The molecule has 2 rings (SSSR count). The van der Waals surface area contributed by atoms with Crippen molar-refractivity contribution in [2.45, 2.75) is 6.42 Å². The summed E-state index contributed by atoms with van der Waals surface area (Å²) in [6.07, 6.45) is -0.286. The summed E-state index contributed by atoms with van der Waals surface area (Å²) >= 11 is 0. The van der Waals surface area contributed by atoms with Crippen LogP contribution in [0.15, 0.2) is 18.2 Å². The van der Waals surface area contributed by atoms with Gasteiger partial charge in [-0.25, -0.2) is 0 Å². The number of nitrogens with one attached hydrogen (secondary N) is 2. The van der Waals surface area contributed by atoms with Crippen molar-refractivity contribution in [2.75, 3.05) is 5.32 Å². The zero-order valence-electron chi connectivity index (χ0n) is 9.08. The Hall–Kier alpha value is -2.95. The van der Waals surface area contributed by atoms with Crippen molar-refractivity contribution in [1.29, 1.82) is 5.26 Å². The SMILES string of the molecule is N#CCC(=O)Nc1cc(-c2nn[nH]n2)ccc1O. The quantitative estimate of drug-likeness (QED) is 0.671. The molecular weight excluding hydrogens is 236 g/mol. The summed E-state index contributed by atoms with van der Waals surface area (Å²) in [5.41, 5.74) is 0.770. The van der Waals surface area contributed by atoms with E-state index in [-0.39, 0.29) is 17.9 Å². The smallest absolute Gasteiger partial charge is 0.238 e. The predicted octanol–water partition coefficient (Wildman–Crippen LogP) is 0.424. The Balaban J connectivity index is 2.28. The van der Waals surface area contributed by atoms with Crippen molar-refractivity contribution in [3.05, 3.63) is 18.2 Å². The van der Waals surface area contributed by atoms with Gasteiger partial charge in [-0.2, -0.15) is 10.5 Å². The molecule has 0 saturated heterocycles. The maximum atomic E-state index is 11.3. The molecule has 1 heterocycles. The van der Waals surface area contributed by atoms with Crippen molar-refractivity contribution >= 4 is 11.6 Å². The summed E-state index contributed by atoms with van der Waals surface area (Å²) in [5.74, 6) is -0.266. The van der Waals surface area contributed by atoms with Crippen LogP contribution in [-0.4, -0.2) is 31.6 Å². The van der Waals surface area contributed by atoms with Crippen LogP contribution in [0.1, 0.15) is 6.42 Å². The van der Waals surface area contributed by atoms with E-state index >= 15 is 0 Å². The van der Waals surface area contributed by atoms with Gasteiger partial charge in [0.1, 0.15) is 12.2 Å². The van der Waals surface area contributed by atoms with Crippen molar-refractivity contribution in [2.24, 2.45) is 0 Å². The summed E-state index contributed by atoms with van der Waals surface area (Å²) in [7, 11) is 0. The first-order valence-electron chi connectivity index (χ1n) is 4.94. The second kappa shape index (κ2) is 4.92. The lowest BCUT2D eigenvalue weighted by atomic mass is 10.1. The van der Waals surface area contributed by atoms with Gasteiger partial charge >= 0.3 is 0 Å². The first kappa shape index (κ1) is 11.5. The number of hydrogen-bond donors (Lipinski definition) is 3. The van der Waals surface area contributed by atoms with Crippen LogP contribution >= 0.6 is 0 Å². The van der Waals surface area contributed by atoms with E-state index < -0.39 is 5.91 Å². The van der Waals surface area contributed by atoms with Gasteiger partial charge in [0, 0.05) is 5.56 Å². The number of tetrazole rings is 1. The second-order valence-electron chi connectivity index (χ2n) is 3.35. The van der Waals surface area contributed by atoms with Crippen molar-refractivity contribution in [1.82, 2.24) is 20.6 Å². The number of amides is 1. The minimum Gasteiger partial charge on any atom is -0.506 e. The van der Waals surface area contributed by atoms with Crippen LogP contribution in [0.2, 0.25) is 0 Å². The standard InChI is InChI=1S/C10H8N6O2/c11-4-3-9(18)12-7-5-6(1-2-8(7)17)10-13-15-16-14-10/h1-2,5,17H,3H2,(H,12,18)(H,13,14,15,16). The summed E-state index contributed by atoms with van der Waals surface area (Å²) in [4.78, 5) is 11.3. The highest BCUT2D eigenvalue weighted by atomic mass is 16.3. The molecule has 0 aliphatic carbocycles. The highest BCUT2D eigenvalue weighted by Gasteiger charge is 2.10. The fourth-order valence-electron chi connectivity index (χ4n) is 1.33. The van der Waals surface area contributed by atoms with Crippen molar-refractivity contribution in [3.8, 4) is 23.2 Å². The van der Waals surface area contributed by atoms with E-state index in [4.69, 9.17) is 5.26 Å². The average Bonchev–Trinajstić information content (AvgIpc) is 2.86. The molecule has 0 atom stereocenters. The number of phenolic OH excluding ortho intramolecular Hbond substituents is 1. The summed E-state index contributed by atoms with van der Waals surface area (Å²) in [5, 5.41) is 33.7. The van der Waals surface area contributed by atoms with Gasteiger partial charge in [0.25, 0.3) is 0 Å². The molecule has 0 fully saturated rings. The van der Waals surface area contributed by atoms with Crippen molar-refractivity contribution < 1.29 is 9.90 Å². The maximum absolute atomic E-state index is 11.3. The molecule has 1 amide bonds. The molecule has 1 aromatic carbocycles. The van der Waals surface area contributed by atoms with Gasteiger partial charge in [0.15, 0.2) is 0 Å². The Morgan fingerprint density at radius 3 is 3.06 bits per heavy atom. The van der Waals surface area contributed by atoms with E-state index in [0.29, 0.717) is 11.4 Å². The molecular formula is C10H8N6O2. The number of aromatic amines is 1. The predicted molar refractivity (Wildman–Crippen MR) is 60.1 cm³/mol. The van der Waals surface area contributed by atoms with Crippen LogP contribution < -0.4 is 5.32 Å². The Morgan fingerprint density at radius 1 is 1.56 bits per heavy atom. The molecule has 0 unspecified atom stereocenters.